The Morgan fingerprint density at radius 2 is 2.08 bits per heavy atom. The Morgan fingerprint density at radius 1 is 1.29 bits per heavy atom. The lowest BCUT2D eigenvalue weighted by Gasteiger charge is -2.08. The van der Waals surface area contributed by atoms with Crippen LogP contribution in [-0.4, -0.2) is 15.5 Å². The lowest BCUT2D eigenvalue weighted by molar-refractivity contribution is 0.0950. The van der Waals surface area contributed by atoms with Crippen molar-refractivity contribution in [2.24, 2.45) is 0 Å². The molecule has 0 aliphatic heterocycles. The molecular weight excluding hydrogens is 325 g/mol. The average molecular weight is 343 g/mol. The second-order valence-corrected chi connectivity index (χ2v) is 6.57. The van der Waals surface area contributed by atoms with Gasteiger partial charge in [0, 0.05) is 29.5 Å². The van der Waals surface area contributed by atoms with Gasteiger partial charge in [0.1, 0.15) is 5.82 Å². The number of carbonyl (C=O) groups excluding carboxylic acids is 1. The topological polar surface area (TPSA) is 46.9 Å². The van der Waals surface area contributed by atoms with Gasteiger partial charge in [0.15, 0.2) is 5.13 Å². The highest BCUT2D eigenvalue weighted by Crippen LogP contribution is 2.22. The summed E-state index contributed by atoms with van der Waals surface area (Å²) in [5, 5.41) is 5.65. The van der Waals surface area contributed by atoms with Crippen molar-refractivity contribution in [1.29, 1.82) is 0 Å². The van der Waals surface area contributed by atoms with Gasteiger partial charge in [-0.1, -0.05) is 12.1 Å². The molecule has 6 heteroatoms. The molecule has 0 saturated carbocycles. The van der Waals surface area contributed by atoms with Crippen molar-refractivity contribution in [2.45, 2.75) is 27.3 Å². The summed E-state index contributed by atoms with van der Waals surface area (Å²) in [6.07, 6.45) is 1.75. The molecule has 3 rings (SSSR count). The zero-order valence-electron chi connectivity index (χ0n) is 13.8. The van der Waals surface area contributed by atoms with Crippen LogP contribution >= 0.6 is 11.3 Å². The van der Waals surface area contributed by atoms with Crippen LogP contribution in [0.15, 0.2) is 35.8 Å². The van der Waals surface area contributed by atoms with Gasteiger partial charge in [-0.2, -0.15) is 0 Å². The maximum absolute atomic E-state index is 13.3. The number of nitrogens with one attached hydrogen (secondary N) is 1. The number of nitrogens with zero attached hydrogens (tertiary/aromatic N) is 2. The zero-order chi connectivity index (χ0) is 17.3. The second-order valence-electron chi connectivity index (χ2n) is 5.70. The number of aromatic nitrogens is 2. The van der Waals surface area contributed by atoms with Crippen molar-refractivity contribution in [3.63, 3.8) is 0 Å². The average Bonchev–Trinajstić information content (AvgIpc) is 3.16. The normalized spacial score (nSPS) is 10.8. The maximum Gasteiger partial charge on any atom is 0.253 e. The van der Waals surface area contributed by atoms with Crippen LogP contribution in [0.3, 0.4) is 0 Å². The number of hydrogen-bond donors (Lipinski definition) is 1. The number of carbonyl (C=O) groups is 1. The van der Waals surface area contributed by atoms with E-state index in [1.54, 1.807) is 25.3 Å². The number of rotatable bonds is 4. The quantitative estimate of drug-likeness (QED) is 0.780. The summed E-state index contributed by atoms with van der Waals surface area (Å²) in [5.74, 6) is -0.384. The monoisotopic (exact) mass is 343 g/mol. The summed E-state index contributed by atoms with van der Waals surface area (Å²) in [7, 11) is 0. The van der Waals surface area contributed by atoms with Gasteiger partial charge in [-0.05, 0) is 44.0 Å². The summed E-state index contributed by atoms with van der Waals surface area (Å²) in [5.41, 5.74) is 3.89. The van der Waals surface area contributed by atoms with Gasteiger partial charge >= 0.3 is 0 Å². The molecule has 0 aliphatic carbocycles. The summed E-state index contributed by atoms with van der Waals surface area (Å²) >= 11 is 1.53. The van der Waals surface area contributed by atoms with Gasteiger partial charge in [0.2, 0.25) is 0 Å². The van der Waals surface area contributed by atoms with E-state index in [0.717, 1.165) is 22.1 Å². The van der Waals surface area contributed by atoms with Crippen LogP contribution in [0.25, 0.3) is 5.13 Å². The smallest absolute Gasteiger partial charge is 0.253 e. The first-order valence-corrected chi connectivity index (χ1v) is 8.47. The zero-order valence-corrected chi connectivity index (χ0v) is 14.6. The summed E-state index contributed by atoms with van der Waals surface area (Å²) in [4.78, 5) is 16.8. The maximum atomic E-state index is 13.3. The molecular formula is C18H18FN3OS. The molecule has 1 N–H and O–H groups in total. The standard InChI is InChI=1S/C18H18FN3OS/c1-11-8-14(4-5-16(11)19)10-21-17(23)15-9-12(2)22(13(15)3)18-20-6-7-24-18/h4-9H,10H2,1-3H3,(H,21,23). The van der Waals surface area contributed by atoms with E-state index in [0.29, 0.717) is 17.7 Å². The Kier molecular flexibility index (Phi) is 4.49. The predicted octanol–water partition coefficient (Wildman–Crippen LogP) is 3.93. The molecule has 24 heavy (non-hydrogen) atoms. The lowest BCUT2D eigenvalue weighted by Crippen LogP contribution is -2.23. The predicted molar refractivity (Wildman–Crippen MR) is 93.2 cm³/mol. The number of amides is 1. The highest BCUT2D eigenvalue weighted by atomic mass is 32.1. The highest BCUT2D eigenvalue weighted by Gasteiger charge is 2.17. The molecule has 0 bridgehead atoms. The van der Waals surface area contributed by atoms with Crippen molar-refractivity contribution in [3.05, 3.63) is 69.7 Å². The number of benzene rings is 1. The number of aryl methyl sites for hydroxylation is 2. The first-order valence-electron chi connectivity index (χ1n) is 7.59. The van der Waals surface area contributed by atoms with Gasteiger partial charge in [-0.15, -0.1) is 11.3 Å². The van der Waals surface area contributed by atoms with Gasteiger partial charge in [0.25, 0.3) is 5.91 Å². The number of halogens is 1. The third-order valence-corrected chi connectivity index (χ3v) is 4.72. The van der Waals surface area contributed by atoms with E-state index in [-0.39, 0.29) is 11.7 Å². The molecule has 0 unspecified atom stereocenters. The van der Waals surface area contributed by atoms with Gasteiger partial charge < -0.3 is 5.32 Å². The Morgan fingerprint density at radius 3 is 2.75 bits per heavy atom. The summed E-state index contributed by atoms with van der Waals surface area (Å²) in [6, 6.07) is 6.71. The van der Waals surface area contributed by atoms with Crippen molar-refractivity contribution in [3.8, 4) is 5.13 Å². The Balaban J connectivity index is 1.78. The summed E-state index contributed by atoms with van der Waals surface area (Å²) in [6.45, 7) is 5.93. The van der Waals surface area contributed by atoms with Crippen molar-refractivity contribution < 1.29 is 9.18 Å². The molecule has 0 radical (unpaired) electrons. The molecule has 0 aliphatic rings. The van der Waals surface area contributed by atoms with Gasteiger partial charge in [0.05, 0.1) is 5.56 Å². The highest BCUT2D eigenvalue weighted by molar-refractivity contribution is 7.12. The minimum Gasteiger partial charge on any atom is -0.348 e. The minimum absolute atomic E-state index is 0.145. The number of hydrogen-bond acceptors (Lipinski definition) is 3. The largest absolute Gasteiger partial charge is 0.348 e. The molecule has 124 valence electrons. The van der Waals surface area contributed by atoms with E-state index < -0.39 is 0 Å². The van der Waals surface area contributed by atoms with E-state index >= 15 is 0 Å². The van der Waals surface area contributed by atoms with Crippen LogP contribution in [-0.2, 0) is 6.54 Å². The van der Waals surface area contributed by atoms with Crippen molar-refractivity contribution in [2.75, 3.05) is 0 Å². The van der Waals surface area contributed by atoms with Crippen molar-refractivity contribution in [1.82, 2.24) is 14.9 Å². The first kappa shape index (κ1) is 16.4. The van der Waals surface area contributed by atoms with Gasteiger partial charge in [-0.25, -0.2) is 9.37 Å². The van der Waals surface area contributed by atoms with E-state index in [1.807, 2.05) is 29.9 Å². The molecule has 1 amide bonds. The van der Waals surface area contributed by atoms with E-state index in [2.05, 4.69) is 10.3 Å². The molecule has 2 heterocycles. The van der Waals surface area contributed by atoms with Crippen LogP contribution in [0.1, 0.15) is 32.9 Å². The molecule has 0 fully saturated rings. The van der Waals surface area contributed by atoms with Gasteiger partial charge in [-0.3, -0.25) is 9.36 Å². The van der Waals surface area contributed by atoms with E-state index in [1.165, 1.54) is 17.4 Å². The molecule has 3 aromatic rings. The molecule has 4 nitrogen and oxygen atoms in total. The number of thiazole rings is 1. The van der Waals surface area contributed by atoms with E-state index in [4.69, 9.17) is 0 Å². The minimum atomic E-state index is -0.239. The fraction of sp³-hybridized carbons (Fsp3) is 0.222. The second kappa shape index (κ2) is 6.57. The first-order chi connectivity index (χ1) is 11.5. The molecule has 0 atom stereocenters. The molecule has 1 aromatic carbocycles. The van der Waals surface area contributed by atoms with Crippen LogP contribution in [0, 0.1) is 26.6 Å². The third-order valence-electron chi connectivity index (χ3n) is 3.96. The molecule has 0 spiro atoms. The fourth-order valence-corrected chi connectivity index (χ4v) is 3.46. The van der Waals surface area contributed by atoms with Crippen LogP contribution < -0.4 is 5.32 Å². The Bertz CT molecular complexity index is 884. The van der Waals surface area contributed by atoms with Crippen LogP contribution in [0.4, 0.5) is 4.39 Å². The Hall–Kier alpha value is -2.47. The Labute approximate surface area is 144 Å². The molecule has 2 aromatic heterocycles. The van der Waals surface area contributed by atoms with Crippen LogP contribution in [0.5, 0.6) is 0 Å². The SMILES string of the molecule is Cc1cc(CNC(=O)c2cc(C)n(-c3nccs3)c2C)ccc1F. The third kappa shape index (κ3) is 3.10. The fourth-order valence-electron chi connectivity index (χ4n) is 2.71. The summed E-state index contributed by atoms with van der Waals surface area (Å²) < 4.78 is 15.3. The van der Waals surface area contributed by atoms with E-state index in [9.17, 15) is 9.18 Å². The van der Waals surface area contributed by atoms with Crippen LogP contribution in [0.2, 0.25) is 0 Å². The van der Waals surface area contributed by atoms with Crippen molar-refractivity contribution >= 4 is 17.2 Å². The molecule has 0 saturated heterocycles. The lowest BCUT2D eigenvalue weighted by atomic mass is 10.1.